The van der Waals surface area contributed by atoms with Crippen molar-refractivity contribution in [2.24, 2.45) is 27.9 Å². The number of phenols is 2. The number of phenolic OH excluding ortho intramolecular Hbond substituents is 2. The first-order valence-electron chi connectivity index (χ1n) is 15.8. The van der Waals surface area contributed by atoms with Gasteiger partial charge in [-0.15, -0.1) is 0 Å². The van der Waals surface area contributed by atoms with Crippen molar-refractivity contribution < 1.29 is 34.2 Å². The quantitative estimate of drug-likeness (QED) is 0.0299. The second-order valence-corrected chi connectivity index (χ2v) is 11.0. The number of nitrogens with zero attached hydrogens (tertiary/aromatic N) is 1. The Kier molecular flexibility index (Phi) is 20.3. The average Bonchev–Trinajstić information content (AvgIpc) is 3.00. The molecule has 2 atom stereocenters. The summed E-state index contributed by atoms with van der Waals surface area (Å²) in [5.74, 6) is -2.62. The number of guanidine groups is 1. The van der Waals surface area contributed by atoms with Crippen LogP contribution in [0.5, 0.6) is 11.5 Å². The normalized spacial score (nSPS) is 11.9. The number of nitrogens with two attached hydrogens (primary N) is 4. The zero-order valence-corrected chi connectivity index (χ0v) is 26.9. The third kappa shape index (κ3) is 20.2. The first-order valence-corrected chi connectivity index (χ1v) is 15.8. The molecule has 0 aliphatic carbocycles. The van der Waals surface area contributed by atoms with Gasteiger partial charge in [0, 0.05) is 50.8 Å². The molecule has 15 N–H and O–H groups in total. The first-order chi connectivity index (χ1) is 22.4. The van der Waals surface area contributed by atoms with E-state index >= 15 is 0 Å². The summed E-state index contributed by atoms with van der Waals surface area (Å²) >= 11 is 0. The Hall–Kier alpha value is -4.64. The number of hydrogen-bond acceptors (Lipinski definition) is 10. The van der Waals surface area contributed by atoms with E-state index in [9.17, 15) is 34.2 Å². The van der Waals surface area contributed by atoms with Crippen molar-refractivity contribution in [3.8, 4) is 11.5 Å². The van der Waals surface area contributed by atoms with E-state index in [4.69, 9.17) is 22.9 Å². The number of unbranched alkanes of at least 4 members (excludes halogenated alkanes) is 3. The number of amides is 5. The topological polar surface area (TPSA) is 302 Å². The van der Waals surface area contributed by atoms with Gasteiger partial charge in [0.05, 0.1) is 18.9 Å². The molecular weight excluding hydrogens is 612 g/mol. The fourth-order valence-corrected chi connectivity index (χ4v) is 4.30. The van der Waals surface area contributed by atoms with Crippen LogP contribution in [0.2, 0.25) is 0 Å². The molecule has 264 valence electrons. The van der Waals surface area contributed by atoms with Crippen molar-refractivity contribution in [1.82, 2.24) is 26.6 Å². The molecule has 0 bridgehead atoms. The maximum atomic E-state index is 12.6. The number of aliphatic imine (C=N–C) groups is 1. The Labute approximate surface area is 275 Å². The van der Waals surface area contributed by atoms with Crippen LogP contribution in [0.3, 0.4) is 0 Å². The van der Waals surface area contributed by atoms with E-state index in [1.165, 1.54) is 12.1 Å². The van der Waals surface area contributed by atoms with E-state index in [2.05, 4.69) is 31.6 Å². The molecule has 47 heavy (non-hydrogen) atoms. The lowest BCUT2D eigenvalue weighted by atomic mass is 10.1. The minimum atomic E-state index is -1.17. The summed E-state index contributed by atoms with van der Waals surface area (Å²) in [6.45, 7) is 2.99. The second kappa shape index (κ2) is 23.7. The van der Waals surface area contributed by atoms with Crippen molar-refractivity contribution in [2.45, 2.75) is 76.3 Å². The molecule has 1 aromatic carbocycles. The summed E-state index contributed by atoms with van der Waals surface area (Å²) < 4.78 is 0. The molecule has 17 nitrogen and oxygen atoms in total. The SMILES string of the molecule is NC(=O)CC(NC(=O)Cc1ccc(O)cc1O)C(=O)NCCCCCNC(=O)CCNCCCCNC(=O)C(N)CCCN=C(N)N. The van der Waals surface area contributed by atoms with Crippen molar-refractivity contribution >= 4 is 35.5 Å². The molecule has 1 aromatic rings. The van der Waals surface area contributed by atoms with Gasteiger partial charge in [-0.2, -0.15) is 0 Å². The van der Waals surface area contributed by atoms with E-state index in [-0.39, 0.29) is 41.3 Å². The molecule has 0 saturated carbocycles. The van der Waals surface area contributed by atoms with Crippen molar-refractivity contribution in [1.29, 1.82) is 0 Å². The van der Waals surface area contributed by atoms with E-state index in [0.717, 1.165) is 25.3 Å². The molecule has 0 saturated heterocycles. The fraction of sp³-hybridized carbons (Fsp3) is 0.600. The summed E-state index contributed by atoms with van der Waals surface area (Å²) in [6.07, 6.45) is 4.45. The van der Waals surface area contributed by atoms with Gasteiger partial charge < -0.3 is 59.7 Å². The van der Waals surface area contributed by atoms with Crippen molar-refractivity contribution in [2.75, 3.05) is 39.3 Å². The van der Waals surface area contributed by atoms with Gasteiger partial charge in [-0.3, -0.25) is 29.0 Å². The molecule has 0 aromatic heterocycles. The third-order valence-corrected chi connectivity index (χ3v) is 6.86. The average molecular weight is 665 g/mol. The van der Waals surface area contributed by atoms with Crippen LogP contribution in [-0.2, 0) is 30.4 Å². The molecule has 0 aliphatic rings. The monoisotopic (exact) mass is 664 g/mol. The molecule has 1 rings (SSSR count). The molecular formula is C30H52N10O7. The van der Waals surface area contributed by atoms with Crippen LogP contribution in [-0.4, -0.2) is 97.1 Å². The smallest absolute Gasteiger partial charge is 0.243 e. The van der Waals surface area contributed by atoms with Gasteiger partial charge in [0.25, 0.3) is 0 Å². The Morgan fingerprint density at radius 2 is 1.40 bits per heavy atom. The number of hydrogen-bond donors (Lipinski definition) is 11. The molecule has 0 aliphatic heterocycles. The van der Waals surface area contributed by atoms with Gasteiger partial charge in [-0.05, 0) is 57.6 Å². The Bertz CT molecular complexity index is 1180. The lowest BCUT2D eigenvalue weighted by Crippen LogP contribution is -2.49. The highest BCUT2D eigenvalue weighted by molar-refractivity contribution is 5.92. The lowest BCUT2D eigenvalue weighted by Gasteiger charge is -2.17. The van der Waals surface area contributed by atoms with Crippen molar-refractivity contribution in [3.63, 3.8) is 0 Å². The lowest BCUT2D eigenvalue weighted by molar-refractivity contribution is -0.131. The standard InChI is InChI=1S/C30H52N10O7/c31-22(7-6-15-39-30(33)34)28(46)37-14-5-4-11-35-16-10-26(44)36-12-2-1-3-13-38-29(47)23(19-25(32)43)40-27(45)17-20-8-9-21(41)18-24(20)42/h8-9,18,22-23,35,41-42H,1-7,10-17,19,31H2,(H2,32,43)(H,36,44)(H,37,46)(H,38,47)(H,40,45)(H4,33,34,39). The minimum absolute atomic E-state index is 0.0148. The molecule has 2 unspecified atom stereocenters. The number of carbonyl (C=O) groups excluding carboxylic acids is 5. The molecule has 0 heterocycles. The van der Waals surface area contributed by atoms with Crippen LogP contribution in [0.1, 0.15) is 63.4 Å². The van der Waals surface area contributed by atoms with Crippen LogP contribution >= 0.6 is 0 Å². The second-order valence-electron chi connectivity index (χ2n) is 11.0. The predicted molar refractivity (Wildman–Crippen MR) is 177 cm³/mol. The van der Waals surface area contributed by atoms with Crippen LogP contribution in [0, 0.1) is 0 Å². The summed E-state index contributed by atoms with van der Waals surface area (Å²) in [4.78, 5) is 64.2. The van der Waals surface area contributed by atoms with Crippen LogP contribution in [0.15, 0.2) is 23.2 Å². The van der Waals surface area contributed by atoms with Crippen LogP contribution in [0.4, 0.5) is 0 Å². The Balaban J connectivity index is 2.09. The Morgan fingerprint density at radius 1 is 0.766 bits per heavy atom. The summed E-state index contributed by atoms with van der Waals surface area (Å²) in [6, 6.07) is 2.02. The number of benzene rings is 1. The number of rotatable bonds is 25. The van der Waals surface area contributed by atoms with Gasteiger partial charge in [0.2, 0.25) is 29.5 Å². The summed E-state index contributed by atoms with van der Waals surface area (Å²) in [7, 11) is 0. The third-order valence-electron chi connectivity index (χ3n) is 6.86. The maximum Gasteiger partial charge on any atom is 0.243 e. The predicted octanol–water partition coefficient (Wildman–Crippen LogP) is -2.34. The summed E-state index contributed by atoms with van der Waals surface area (Å²) in [5.41, 5.74) is 21.8. The first kappa shape index (κ1) is 40.4. The van der Waals surface area contributed by atoms with E-state index in [1.54, 1.807) is 0 Å². The molecule has 17 heteroatoms. The highest BCUT2D eigenvalue weighted by Crippen LogP contribution is 2.22. The van der Waals surface area contributed by atoms with Crippen molar-refractivity contribution in [3.05, 3.63) is 23.8 Å². The van der Waals surface area contributed by atoms with Gasteiger partial charge in [-0.1, -0.05) is 6.07 Å². The highest BCUT2D eigenvalue weighted by atomic mass is 16.3. The van der Waals surface area contributed by atoms with E-state index in [1.807, 2.05) is 0 Å². The number of nitrogens with one attached hydrogen (secondary N) is 5. The van der Waals surface area contributed by atoms with Gasteiger partial charge in [-0.25, -0.2) is 0 Å². The van der Waals surface area contributed by atoms with E-state index < -0.39 is 36.2 Å². The molecule has 0 fully saturated rings. The highest BCUT2D eigenvalue weighted by Gasteiger charge is 2.23. The molecule has 0 radical (unpaired) electrons. The molecule has 5 amide bonds. The van der Waals surface area contributed by atoms with Crippen LogP contribution < -0.4 is 49.5 Å². The van der Waals surface area contributed by atoms with Gasteiger partial charge >= 0.3 is 0 Å². The maximum absolute atomic E-state index is 12.6. The zero-order valence-electron chi connectivity index (χ0n) is 26.9. The number of carbonyl (C=O) groups is 5. The largest absolute Gasteiger partial charge is 0.508 e. The number of aromatic hydroxyl groups is 2. The minimum Gasteiger partial charge on any atom is -0.508 e. The number of primary amides is 1. The van der Waals surface area contributed by atoms with Crippen LogP contribution in [0.25, 0.3) is 0 Å². The molecule has 0 spiro atoms. The van der Waals surface area contributed by atoms with Gasteiger partial charge in [0.15, 0.2) is 5.96 Å². The zero-order chi connectivity index (χ0) is 35.0. The van der Waals surface area contributed by atoms with E-state index in [0.29, 0.717) is 71.4 Å². The summed E-state index contributed by atoms with van der Waals surface area (Å²) in [5, 5.41) is 33.2. The van der Waals surface area contributed by atoms with Gasteiger partial charge in [0.1, 0.15) is 17.5 Å². The fourth-order valence-electron chi connectivity index (χ4n) is 4.30. The Morgan fingerprint density at radius 3 is 2.06 bits per heavy atom.